The molecule has 29 heavy (non-hydrogen) atoms. The van der Waals surface area contributed by atoms with E-state index in [1.165, 1.54) is 23.1 Å². The van der Waals surface area contributed by atoms with Crippen LogP contribution in [0.1, 0.15) is 23.6 Å². The van der Waals surface area contributed by atoms with Gasteiger partial charge in [0.15, 0.2) is 5.16 Å². The minimum atomic E-state index is -0.221. The highest BCUT2D eigenvalue weighted by Crippen LogP contribution is 2.35. The molecule has 0 bridgehead atoms. The maximum absolute atomic E-state index is 12.8. The van der Waals surface area contributed by atoms with Crippen LogP contribution in [0, 0.1) is 6.92 Å². The number of aromatic amines is 1. The molecule has 0 fully saturated rings. The maximum Gasteiger partial charge on any atom is 0.260 e. The summed E-state index contributed by atoms with van der Waals surface area (Å²) >= 11 is 2.69. The summed E-state index contributed by atoms with van der Waals surface area (Å²) in [4.78, 5) is 34.1. The molecule has 3 aromatic heterocycles. The lowest BCUT2D eigenvalue weighted by atomic mass is 10.0. The Kier molecular flexibility index (Phi) is 5.55. The molecule has 2 N–H and O–H groups in total. The highest BCUT2D eigenvalue weighted by molar-refractivity contribution is 7.99. The number of aromatic nitrogens is 2. The number of thiophene rings is 1. The van der Waals surface area contributed by atoms with Crippen LogP contribution in [-0.4, -0.2) is 21.6 Å². The molecule has 0 radical (unpaired) electrons. The smallest absolute Gasteiger partial charge is 0.260 e. The molecule has 1 atom stereocenters. The lowest BCUT2D eigenvalue weighted by molar-refractivity contribution is -0.119. The molecule has 1 aromatic carbocycles. The number of nitrogens with zero attached hydrogens (tertiary/aromatic N) is 1. The summed E-state index contributed by atoms with van der Waals surface area (Å²) in [6.07, 6.45) is 1.57. The quantitative estimate of drug-likeness (QED) is 0.350. The lowest BCUT2D eigenvalue weighted by Crippen LogP contribution is -2.28. The molecule has 0 spiro atoms. The average molecular weight is 426 g/mol. The van der Waals surface area contributed by atoms with Crippen molar-refractivity contribution in [1.82, 2.24) is 15.3 Å². The van der Waals surface area contributed by atoms with Crippen molar-refractivity contribution in [1.29, 1.82) is 0 Å². The van der Waals surface area contributed by atoms with Gasteiger partial charge in [-0.3, -0.25) is 9.59 Å². The number of carbonyl (C=O) groups excluding carboxylic acids is 1. The summed E-state index contributed by atoms with van der Waals surface area (Å²) < 4.78 is 5.29. The minimum Gasteiger partial charge on any atom is -0.467 e. The van der Waals surface area contributed by atoms with Crippen molar-refractivity contribution in [2.24, 2.45) is 0 Å². The molecule has 0 aliphatic carbocycles. The zero-order valence-electron chi connectivity index (χ0n) is 15.9. The van der Waals surface area contributed by atoms with E-state index in [1.54, 1.807) is 12.3 Å². The van der Waals surface area contributed by atoms with Crippen molar-refractivity contribution in [3.63, 3.8) is 0 Å². The van der Waals surface area contributed by atoms with E-state index in [2.05, 4.69) is 15.3 Å². The number of aryl methyl sites for hydroxylation is 1. The van der Waals surface area contributed by atoms with Gasteiger partial charge in [-0.05, 0) is 31.5 Å². The van der Waals surface area contributed by atoms with Crippen molar-refractivity contribution >= 4 is 39.2 Å². The zero-order chi connectivity index (χ0) is 20.4. The number of rotatable bonds is 6. The molecular weight excluding hydrogens is 406 g/mol. The van der Waals surface area contributed by atoms with Crippen molar-refractivity contribution < 1.29 is 9.21 Å². The van der Waals surface area contributed by atoms with E-state index in [1.807, 2.05) is 50.2 Å². The van der Waals surface area contributed by atoms with Gasteiger partial charge in [-0.2, -0.15) is 0 Å². The number of H-pyrrole nitrogens is 1. The molecule has 0 saturated heterocycles. The van der Waals surface area contributed by atoms with Crippen LogP contribution >= 0.6 is 23.1 Å². The number of hydrogen-bond acceptors (Lipinski definition) is 6. The second-order valence-electron chi connectivity index (χ2n) is 6.54. The third-order valence-electron chi connectivity index (χ3n) is 4.47. The first kappa shape index (κ1) is 19.5. The van der Waals surface area contributed by atoms with Gasteiger partial charge in [-0.15, -0.1) is 11.3 Å². The number of nitrogens with one attached hydrogen (secondary N) is 2. The highest BCUT2D eigenvalue weighted by atomic mass is 32.2. The fourth-order valence-electron chi connectivity index (χ4n) is 3.15. The lowest BCUT2D eigenvalue weighted by Gasteiger charge is -2.10. The van der Waals surface area contributed by atoms with Crippen LogP contribution in [0.15, 0.2) is 63.1 Å². The van der Waals surface area contributed by atoms with E-state index in [0.717, 1.165) is 16.0 Å². The van der Waals surface area contributed by atoms with Gasteiger partial charge in [0.25, 0.3) is 5.56 Å². The van der Waals surface area contributed by atoms with Gasteiger partial charge in [0.2, 0.25) is 5.91 Å². The van der Waals surface area contributed by atoms with E-state index >= 15 is 0 Å². The topological polar surface area (TPSA) is 88.0 Å². The Morgan fingerprint density at radius 3 is 2.79 bits per heavy atom. The molecule has 6 nitrogen and oxygen atoms in total. The molecule has 4 rings (SSSR count). The van der Waals surface area contributed by atoms with Gasteiger partial charge in [-0.1, -0.05) is 42.1 Å². The number of benzene rings is 1. The first-order valence-corrected chi connectivity index (χ1v) is 10.9. The Hall–Kier alpha value is -2.84. The monoisotopic (exact) mass is 425 g/mol. The van der Waals surface area contributed by atoms with Crippen LogP contribution in [0.25, 0.3) is 21.3 Å². The molecule has 4 aromatic rings. The molecule has 148 valence electrons. The Balaban J connectivity index is 1.52. The first-order valence-electron chi connectivity index (χ1n) is 9.07. The van der Waals surface area contributed by atoms with Crippen molar-refractivity contribution in [3.8, 4) is 11.1 Å². The molecule has 1 unspecified atom stereocenters. The number of thioether (sulfide) groups is 1. The third kappa shape index (κ3) is 4.13. The largest absolute Gasteiger partial charge is 0.467 e. The van der Waals surface area contributed by atoms with Crippen molar-refractivity contribution in [2.45, 2.75) is 25.0 Å². The SMILES string of the molecule is Cc1sc2nc(SCC(=O)NC(C)c3ccco3)[nH]c(=O)c2c1-c1ccccc1. The zero-order valence-corrected chi connectivity index (χ0v) is 17.5. The standard InChI is InChI=1S/C21H19N3O3S2/c1-12(15-9-6-10-27-15)22-16(25)11-28-21-23-19(26)18-17(13(2)29-20(18)24-21)14-7-4-3-5-8-14/h3-10,12H,11H2,1-2H3,(H,22,25)(H,23,24,26). The fraction of sp³-hybridized carbons (Fsp3) is 0.190. The highest BCUT2D eigenvalue weighted by Gasteiger charge is 2.17. The predicted octanol–water partition coefficient (Wildman–Crippen LogP) is 4.52. The van der Waals surface area contributed by atoms with Crippen LogP contribution in [-0.2, 0) is 4.79 Å². The van der Waals surface area contributed by atoms with Crippen molar-refractivity contribution in [2.75, 3.05) is 5.75 Å². The van der Waals surface area contributed by atoms with E-state index in [9.17, 15) is 9.59 Å². The number of carbonyl (C=O) groups is 1. The van der Waals surface area contributed by atoms with E-state index in [4.69, 9.17) is 4.42 Å². The molecule has 1 amide bonds. The number of hydrogen-bond donors (Lipinski definition) is 2. The fourth-order valence-corrected chi connectivity index (χ4v) is 4.92. The van der Waals surface area contributed by atoms with Crippen LogP contribution in [0.3, 0.4) is 0 Å². The Labute approximate surface area is 175 Å². The van der Waals surface area contributed by atoms with Crippen LogP contribution in [0.4, 0.5) is 0 Å². The van der Waals surface area contributed by atoms with Crippen LogP contribution < -0.4 is 10.9 Å². The molecule has 0 aliphatic heterocycles. The summed E-state index contributed by atoms with van der Waals surface area (Å²) in [6.45, 7) is 3.84. The maximum atomic E-state index is 12.8. The molecule has 0 aliphatic rings. The summed E-state index contributed by atoms with van der Waals surface area (Å²) in [5.41, 5.74) is 1.72. The van der Waals surface area contributed by atoms with E-state index in [0.29, 0.717) is 21.1 Å². The number of fused-ring (bicyclic) bond motifs is 1. The van der Waals surface area contributed by atoms with Gasteiger partial charge >= 0.3 is 0 Å². The summed E-state index contributed by atoms with van der Waals surface area (Å²) in [5, 5.41) is 3.90. The average Bonchev–Trinajstić information content (AvgIpc) is 3.35. The van der Waals surface area contributed by atoms with Gasteiger partial charge < -0.3 is 14.7 Å². The van der Waals surface area contributed by atoms with Gasteiger partial charge in [-0.25, -0.2) is 4.98 Å². The molecule has 8 heteroatoms. The van der Waals surface area contributed by atoms with Crippen LogP contribution in [0.5, 0.6) is 0 Å². The predicted molar refractivity (Wildman–Crippen MR) is 116 cm³/mol. The van der Waals surface area contributed by atoms with Gasteiger partial charge in [0, 0.05) is 10.4 Å². The normalized spacial score (nSPS) is 12.2. The molecular formula is C21H19N3O3S2. The van der Waals surface area contributed by atoms with Gasteiger partial charge in [0.05, 0.1) is 23.4 Å². The molecule has 0 saturated carbocycles. The Morgan fingerprint density at radius 2 is 2.07 bits per heavy atom. The molecule has 3 heterocycles. The second-order valence-corrected chi connectivity index (χ2v) is 8.71. The summed E-state index contributed by atoms with van der Waals surface area (Å²) in [5.74, 6) is 0.683. The summed E-state index contributed by atoms with van der Waals surface area (Å²) in [7, 11) is 0. The summed E-state index contributed by atoms with van der Waals surface area (Å²) in [6, 6.07) is 13.2. The third-order valence-corrected chi connectivity index (χ3v) is 6.34. The Morgan fingerprint density at radius 1 is 1.28 bits per heavy atom. The number of furan rings is 1. The van der Waals surface area contributed by atoms with Crippen LogP contribution in [0.2, 0.25) is 0 Å². The van der Waals surface area contributed by atoms with E-state index in [-0.39, 0.29) is 23.3 Å². The van der Waals surface area contributed by atoms with E-state index < -0.39 is 0 Å². The first-order chi connectivity index (χ1) is 14.0. The van der Waals surface area contributed by atoms with Gasteiger partial charge in [0.1, 0.15) is 10.6 Å². The number of amides is 1. The second kappa shape index (κ2) is 8.26. The van der Waals surface area contributed by atoms with Crippen molar-refractivity contribution in [3.05, 3.63) is 69.7 Å². The minimum absolute atomic E-state index is 0.148. The Bertz CT molecular complexity index is 1200.